The quantitative estimate of drug-likeness (QED) is 0.516. The van der Waals surface area contributed by atoms with Crippen molar-refractivity contribution in [3.05, 3.63) is 61.8 Å². The number of pyridine rings is 1. The molecule has 0 aliphatic carbocycles. The third-order valence-corrected chi connectivity index (χ3v) is 3.31. The SMILES string of the molecule is O=C(Nc1ccc(Cl)nc1)c1cc([N+](=O)[O-])ccc1Br. The third-order valence-electron chi connectivity index (χ3n) is 2.39. The molecule has 0 spiro atoms. The molecule has 0 unspecified atom stereocenters. The van der Waals surface area contributed by atoms with E-state index in [-0.39, 0.29) is 11.3 Å². The summed E-state index contributed by atoms with van der Waals surface area (Å²) in [6.45, 7) is 0. The van der Waals surface area contributed by atoms with E-state index in [2.05, 4.69) is 26.2 Å². The summed E-state index contributed by atoms with van der Waals surface area (Å²) in [5, 5.41) is 13.6. The highest BCUT2D eigenvalue weighted by Crippen LogP contribution is 2.23. The maximum Gasteiger partial charge on any atom is 0.270 e. The Bertz CT molecular complexity index is 676. The number of hydrogen-bond donors (Lipinski definition) is 1. The molecule has 1 heterocycles. The normalized spacial score (nSPS) is 10.1. The molecule has 20 heavy (non-hydrogen) atoms. The Morgan fingerprint density at radius 1 is 1.35 bits per heavy atom. The Hall–Kier alpha value is -1.99. The highest BCUT2D eigenvalue weighted by Gasteiger charge is 2.15. The van der Waals surface area contributed by atoms with Gasteiger partial charge in [0.1, 0.15) is 5.15 Å². The van der Waals surface area contributed by atoms with E-state index in [4.69, 9.17) is 11.6 Å². The minimum Gasteiger partial charge on any atom is -0.321 e. The van der Waals surface area contributed by atoms with E-state index in [9.17, 15) is 14.9 Å². The second-order valence-corrected chi connectivity index (χ2v) is 4.99. The molecule has 2 aromatic rings. The van der Waals surface area contributed by atoms with Crippen LogP contribution in [0.25, 0.3) is 0 Å². The van der Waals surface area contributed by atoms with E-state index in [1.807, 2.05) is 0 Å². The van der Waals surface area contributed by atoms with Gasteiger partial charge in [-0.15, -0.1) is 0 Å². The number of rotatable bonds is 3. The molecule has 0 fully saturated rings. The fraction of sp³-hybridized carbons (Fsp3) is 0. The van der Waals surface area contributed by atoms with Crippen molar-refractivity contribution < 1.29 is 9.72 Å². The van der Waals surface area contributed by atoms with Gasteiger partial charge < -0.3 is 5.32 Å². The summed E-state index contributed by atoms with van der Waals surface area (Å²) in [5.74, 6) is -0.482. The van der Waals surface area contributed by atoms with Crippen LogP contribution in [-0.4, -0.2) is 15.8 Å². The smallest absolute Gasteiger partial charge is 0.270 e. The van der Waals surface area contributed by atoms with E-state index >= 15 is 0 Å². The first kappa shape index (κ1) is 14.4. The average Bonchev–Trinajstić information content (AvgIpc) is 2.41. The lowest BCUT2D eigenvalue weighted by atomic mass is 10.2. The number of nitrogens with zero attached hydrogens (tertiary/aromatic N) is 2. The number of aromatic nitrogens is 1. The number of amides is 1. The van der Waals surface area contributed by atoms with Crippen LogP contribution in [0, 0.1) is 10.1 Å². The second-order valence-electron chi connectivity index (χ2n) is 3.74. The minimum absolute atomic E-state index is 0.160. The first-order valence-corrected chi connectivity index (χ1v) is 6.51. The van der Waals surface area contributed by atoms with E-state index < -0.39 is 10.8 Å². The van der Waals surface area contributed by atoms with Gasteiger partial charge in [-0.25, -0.2) is 4.98 Å². The van der Waals surface area contributed by atoms with Crippen LogP contribution in [0.5, 0.6) is 0 Å². The third kappa shape index (κ3) is 3.31. The van der Waals surface area contributed by atoms with Crippen LogP contribution >= 0.6 is 27.5 Å². The molecule has 1 N–H and O–H groups in total. The summed E-state index contributed by atoms with van der Waals surface area (Å²) in [6, 6.07) is 7.07. The maximum atomic E-state index is 12.1. The van der Waals surface area contributed by atoms with Crippen LogP contribution < -0.4 is 5.32 Å². The Morgan fingerprint density at radius 2 is 2.10 bits per heavy atom. The molecular formula is C12H7BrClN3O3. The van der Waals surface area contributed by atoms with Crippen molar-refractivity contribution in [3.8, 4) is 0 Å². The monoisotopic (exact) mass is 355 g/mol. The fourth-order valence-corrected chi connectivity index (χ4v) is 1.99. The number of hydrogen-bond acceptors (Lipinski definition) is 4. The molecule has 2 rings (SSSR count). The standard InChI is InChI=1S/C12H7BrClN3O3/c13-10-3-2-8(17(19)20)5-9(10)12(18)16-7-1-4-11(14)15-6-7/h1-6H,(H,16,18). The van der Waals surface area contributed by atoms with Crippen LogP contribution in [0.4, 0.5) is 11.4 Å². The molecule has 0 atom stereocenters. The first-order valence-electron chi connectivity index (χ1n) is 5.34. The van der Waals surface area contributed by atoms with Crippen molar-refractivity contribution in [2.75, 3.05) is 5.32 Å². The van der Waals surface area contributed by atoms with E-state index in [0.717, 1.165) is 0 Å². The zero-order valence-corrected chi connectivity index (χ0v) is 12.2. The van der Waals surface area contributed by atoms with E-state index in [1.54, 1.807) is 6.07 Å². The molecule has 0 bridgehead atoms. The zero-order valence-electron chi connectivity index (χ0n) is 9.84. The number of nitro groups is 1. The van der Waals surface area contributed by atoms with Crippen LogP contribution in [-0.2, 0) is 0 Å². The molecule has 0 saturated carbocycles. The molecular weight excluding hydrogens is 350 g/mol. The van der Waals surface area contributed by atoms with Crippen molar-refractivity contribution >= 4 is 44.8 Å². The van der Waals surface area contributed by atoms with Gasteiger partial charge in [-0.1, -0.05) is 11.6 Å². The predicted molar refractivity (Wildman–Crippen MR) is 78.0 cm³/mol. The second kappa shape index (κ2) is 5.98. The van der Waals surface area contributed by atoms with Crippen molar-refractivity contribution in [1.29, 1.82) is 0 Å². The first-order chi connectivity index (χ1) is 9.47. The van der Waals surface area contributed by atoms with E-state index in [1.165, 1.54) is 30.5 Å². The fourth-order valence-electron chi connectivity index (χ4n) is 1.45. The van der Waals surface area contributed by atoms with Gasteiger partial charge in [-0.2, -0.15) is 0 Å². The number of benzene rings is 1. The van der Waals surface area contributed by atoms with Crippen LogP contribution in [0.1, 0.15) is 10.4 Å². The number of anilines is 1. The topological polar surface area (TPSA) is 85.1 Å². The van der Waals surface area contributed by atoms with Gasteiger partial charge in [0, 0.05) is 16.6 Å². The summed E-state index contributed by atoms with van der Waals surface area (Å²) in [7, 11) is 0. The summed E-state index contributed by atoms with van der Waals surface area (Å²) >= 11 is 8.82. The van der Waals surface area contributed by atoms with Crippen molar-refractivity contribution in [2.24, 2.45) is 0 Å². The Balaban J connectivity index is 2.26. The Kier molecular flexibility index (Phi) is 4.31. The lowest BCUT2D eigenvalue weighted by Crippen LogP contribution is -2.13. The lowest BCUT2D eigenvalue weighted by molar-refractivity contribution is -0.384. The molecule has 1 amide bonds. The molecule has 1 aromatic carbocycles. The highest BCUT2D eigenvalue weighted by molar-refractivity contribution is 9.10. The molecule has 6 nitrogen and oxygen atoms in total. The van der Waals surface area contributed by atoms with Crippen LogP contribution in [0.15, 0.2) is 41.0 Å². The highest BCUT2D eigenvalue weighted by atomic mass is 79.9. The van der Waals surface area contributed by atoms with Crippen molar-refractivity contribution in [1.82, 2.24) is 4.98 Å². The van der Waals surface area contributed by atoms with Crippen molar-refractivity contribution in [3.63, 3.8) is 0 Å². The van der Waals surface area contributed by atoms with Gasteiger partial charge in [-0.3, -0.25) is 14.9 Å². The van der Waals surface area contributed by atoms with Crippen LogP contribution in [0.3, 0.4) is 0 Å². The van der Waals surface area contributed by atoms with Gasteiger partial charge in [-0.05, 0) is 34.1 Å². The number of carbonyl (C=O) groups excluding carboxylic acids is 1. The Morgan fingerprint density at radius 3 is 2.70 bits per heavy atom. The van der Waals surface area contributed by atoms with Gasteiger partial charge in [0.05, 0.1) is 22.4 Å². The molecule has 1 aromatic heterocycles. The molecule has 102 valence electrons. The summed E-state index contributed by atoms with van der Waals surface area (Å²) in [6.07, 6.45) is 1.39. The minimum atomic E-state index is -0.562. The maximum absolute atomic E-state index is 12.1. The number of nitrogens with one attached hydrogen (secondary N) is 1. The van der Waals surface area contributed by atoms with Gasteiger partial charge >= 0.3 is 0 Å². The molecule has 0 saturated heterocycles. The number of halogens is 2. The number of carbonyl (C=O) groups is 1. The van der Waals surface area contributed by atoms with Gasteiger partial charge in [0.15, 0.2) is 0 Å². The summed E-state index contributed by atoms with van der Waals surface area (Å²) < 4.78 is 0.461. The number of non-ortho nitro benzene ring substituents is 1. The summed E-state index contributed by atoms with van der Waals surface area (Å²) in [5.41, 5.74) is 0.444. The molecule has 0 radical (unpaired) electrons. The number of nitro benzene ring substituents is 1. The van der Waals surface area contributed by atoms with Gasteiger partial charge in [0.25, 0.3) is 11.6 Å². The molecule has 0 aliphatic heterocycles. The Labute approximate surface area is 127 Å². The molecule has 0 aliphatic rings. The largest absolute Gasteiger partial charge is 0.321 e. The predicted octanol–water partition coefficient (Wildman–Crippen LogP) is 3.66. The van der Waals surface area contributed by atoms with Gasteiger partial charge in [0.2, 0.25) is 0 Å². The lowest BCUT2D eigenvalue weighted by Gasteiger charge is -2.06. The average molecular weight is 357 g/mol. The zero-order chi connectivity index (χ0) is 14.7. The summed E-state index contributed by atoms with van der Waals surface area (Å²) in [4.78, 5) is 26.0. The molecule has 8 heteroatoms. The van der Waals surface area contributed by atoms with Crippen LogP contribution in [0.2, 0.25) is 5.15 Å². The van der Waals surface area contributed by atoms with Crippen molar-refractivity contribution in [2.45, 2.75) is 0 Å². The van der Waals surface area contributed by atoms with E-state index in [0.29, 0.717) is 15.3 Å².